The average Bonchev–Trinajstić information content (AvgIpc) is 2.79. The van der Waals surface area contributed by atoms with E-state index in [1.807, 2.05) is 14.0 Å². The van der Waals surface area contributed by atoms with Gasteiger partial charge in [-0.05, 0) is 18.5 Å². The highest BCUT2D eigenvalue weighted by atomic mass is 32.1. The second-order valence-electron chi connectivity index (χ2n) is 3.26. The van der Waals surface area contributed by atoms with Gasteiger partial charge in [-0.1, -0.05) is 4.49 Å². The molecule has 6 heteroatoms. The smallest absolute Gasteiger partial charge is 0.172 e. The zero-order chi connectivity index (χ0) is 10.8. The topological polar surface area (TPSA) is 60.7 Å². The van der Waals surface area contributed by atoms with Gasteiger partial charge >= 0.3 is 0 Å². The Hall–Kier alpha value is -1.56. The molecule has 0 bridgehead atoms. The summed E-state index contributed by atoms with van der Waals surface area (Å²) in [5.41, 5.74) is 2.25. The van der Waals surface area contributed by atoms with Crippen molar-refractivity contribution >= 4 is 17.3 Å². The van der Waals surface area contributed by atoms with Gasteiger partial charge in [0.2, 0.25) is 0 Å². The van der Waals surface area contributed by atoms with Crippen LogP contribution in [0.5, 0.6) is 0 Å². The Bertz CT molecular complexity index is 474. The molecular formula is C9H10N4OS. The summed E-state index contributed by atoms with van der Waals surface area (Å²) < 4.78 is 5.40. The number of carbonyl (C=O) groups is 1. The molecule has 0 N–H and O–H groups in total. The van der Waals surface area contributed by atoms with E-state index in [4.69, 9.17) is 0 Å². The van der Waals surface area contributed by atoms with E-state index in [2.05, 4.69) is 14.7 Å². The molecule has 0 atom stereocenters. The summed E-state index contributed by atoms with van der Waals surface area (Å²) in [6.07, 6.45) is 1.89. The van der Waals surface area contributed by atoms with Crippen molar-refractivity contribution in [2.24, 2.45) is 7.05 Å². The molecule has 0 aromatic carbocycles. The molecule has 0 saturated carbocycles. The van der Waals surface area contributed by atoms with Crippen LogP contribution in [-0.4, -0.2) is 25.2 Å². The molecule has 2 aromatic heterocycles. The van der Waals surface area contributed by atoms with Crippen LogP contribution in [0.4, 0.5) is 0 Å². The lowest BCUT2D eigenvalue weighted by molar-refractivity contribution is 0.0991. The zero-order valence-corrected chi connectivity index (χ0v) is 9.28. The van der Waals surface area contributed by atoms with Gasteiger partial charge in [0, 0.05) is 18.1 Å². The van der Waals surface area contributed by atoms with Crippen LogP contribution in [0, 0.1) is 6.92 Å². The largest absolute Gasteiger partial charge is 0.294 e. The van der Waals surface area contributed by atoms with Crippen molar-refractivity contribution in [2.45, 2.75) is 13.3 Å². The number of Topliss-reactive ketones (excluding diaryl/α,β-unsaturated/α-hetero) is 1. The zero-order valence-electron chi connectivity index (χ0n) is 8.47. The van der Waals surface area contributed by atoms with Crippen molar-refractivity contribution in [1.82, 2.24) is 19.4 Å². The second kappa shape index (κ2) is 3.90. The van der Waals surface area contributed by atoms with Gasteiger partial charge in [-0.15, -0.1) is 5.10 Å². The van der Waals surface area contributed by atoms with Crippen LogP contribution in [0.15, 0.2) is 11.6 Å². The van der Waals surface area contributed by atoms with Gasteiger partial charge in [0.15, 0.2) is 5.78 Å². The Kier molecular flexibility index (Phi) is 2.59. The van der Waals surface area contributed by atoms with Crippen molar-refractivity contribution in [2.75, 3.05) is 0 Å². The molecule has 0 amide bonds. The Balaban J connectivity index is 2.19. The quantitative estimate of drug-likeness (QED) is 0.727. The third-order valence-corrected chi connectivity index (χ3v) is 2.84. The molecule has 0 spiro atoms. The minimum atomic E-state index is 0.0355. The number of aryl methyl sites for hydroxylation is 1. The van der Waals surface area contributed by atoms with E-state index in [-0.39, 0.29) is 5.78 Å². The highest BCUT2D eigenvalue weighted by Gasteiger charge is 2.14. The van der Waals surface area contributed by atoms with E-state index in [1.54, 1.807) is 16.3 Å². The number of ketones is 1. The summed E-state index contributed by atoms with van der Waals surface area (Å²) in [5.74, 6) is 0.0355. The Morgan fingerprint density at radius 2 is 2.40 bits per heavy atom. The molecule has 0 fully saturated rings. The van der Waals surface area contributed by atoms with E-state index in [9.17, 15) is 4.79 Å². The maximum absolute atomic E-state index is 11.8. The molecule has 0 unspecified atom stereocenters. The summed E-state index contributed by atoms with van der Waals surface area (Å²) in [7, 11) is 1.82. The first-order chi connectivity index (χ1) is 7.18. The van der Waals surface area contributed by atoms with Gasteiger partial charge in [0.05, 0.1) is 23.9 Å². The molecule has 0 aliphatic carbocycles. The number of hydrogen-bond donors (Lipinski definition) is 0. The lowest BCUT2D eigenvalue weighted by Gasteiger charge is -1.97. The summed E-state index contributed by atoms with van der Waals surface area (Å²) in [4.78, 5) is 11.8. The van der Waals surface area contributed by atoms with Gasteiger partial charge in [0.1, 0.15) is 0 Å². The van der Waals surface area contributed by atoms with Crippen molar-refractivity contribution in [1.29, 1.82) is 0 Å². The molecule has 5 nitrogen and oxygen atoms in total. The third kappa shape index (κ3) is 1.94. The molecule has 2 heterocycles. The van der Waals surface area contributed by atoms with Crippen LogP contribution < -0.4 is 0 Å². The number of carbonyl (C=O) groups excluding carboxylic acids is 1. The first-order valence-electron chi connectivity index (χ1n) is 4.46. The van der Waals surface area contributed by atoms with Gasteiger partial charge in [0.25, 0.3) is 0 Å². The number of aromatic nitrogens is 4. The fourth-order valence-corrected chi connectivity index (χ4v) is 1.74. The molecule has 0 saturated heterocycles. The average molecular weight is 222 g/mol. The maximum atomic E-state index is 11.8. The van der Waals surface area contributed by atoms with Crippen LogP contribution in [-0.2, 0) is 13.5 Å². The normalized spacial score (nSPS) is 10.5. The molecule has 2 rings (SSSR count). The first kappa shape index (κ1) is 9.97. The molecule has 0 aliphatic rings. The summed E-state index contributed by atoms with van der Waals surface area (Å²) in [6.45, 7) is 1.87. The number of rotatable bonds is 3. The predicted molar refractivity (Wildman–Crippen MR) is 55.9 cm³/mol. The SMILES string of the molecule is Cc1c(C(=O)Cc2csnn2)cnn1C. The standard InChI is InChI=1S/C9H10N4OS/c1-6-8(4-10-13(6)2)9(14)3-7-5-15-12-11-7/h4-5H,3H2,1-2H3. The van der Waals surface area contributed by atoms with Crippen molar-refractivity contribution < 1.29 is 4.79 Å². The minimum absolute atomic E-state index is 0.0355. The first-order valence-corrected chi connectivity index (χ1v) is 5.30. The molecule has 0 radical (unpaired) electrons. The molecule has 2 aromatic rings. The Morgan fingerprint density at radius 1 is 1.60 bits per heavy atom. The lowest BCUT2D eigenvalue weighted by Crippen LogP contribution is -2.05. The summed E-state index contributed by atoms with van der Waals surface area (Å²) >= 11 is 1.25. The number of nitrogens with zero attached hydrogens (tertiary/aromatic N) is 4. The van der Waals surface area contributed by atoms with Gasteiger partial charge in [-0.2, -0.15) is 5.10 Å². The highest BCUT2D eigenvalue weighted by Crippen LogP contribution is 2.10. The van der Waals surface area contributed by atoms with Crippen LogP contribution in [0.2, 0.25) is 0 Å². The fourth-order valence-electron chi connectivity index (χ4n) is 1.29. The lowest BCUT2D eigenvalue weighted by atomic mass is 10.1. The monoisotopic (exact) mass is 222 g/mol. The highest BCUT2D eigenvalue weighted by molar-refractivity contribution is 7.03. The summed E-state index contributed by atoms with van der Waals surface area (Å²) in [6, 6.07) is 0. The van der Waals surface area contributed by atoms with Gasteiger partial charge in [-0.25, -0.2) is 0 Å². The van der Waals surface area contributed by atoms with Crippen LogP contribution in [0.25, 0.3) is 0 Å². The molecule has 0 aliphatic heterocycles. The third-order valence-electron chi connectivity index (χ3n) is 2.28. The predicted octanol–water partition coefficient (Wildman–Crippen LogP) is 1.01. The second-order valence-corrected chi connectivity index (χ2v) is 3.87. The van der Waals surface area contributed by atoms with Crippen molar-refractivity contribution in [3.05, 3.63) is 28.5 Å². The van der Waals surface area contributed by atoms with Crippen LogP contribution in [0.3, 0.4) is 0 Å². The maximum Gasteiger partial charge on any atom is 0.172 e. The Morgan fingerprint density at radius 3 is 2.93 bits per heavy atom. The Labute approximate surface area is 90.9 Å². The summed E-state index contributed by atoms with van der Waals surface area (Å²) in [5, 5.41) is 9.65. The van der Waals surface area contributed by atoms with Gasteiger partial charge < -0.3 is 0 Å². The molecular weight excluding hydrogens is 212 g/mol. The minimum Gasteiger partial charge on any atom is -0.294 e. The van der Waals surface area contributed by atoms with E-state index < -0.39 is 0 Å². The van der Waals surface area contributed by atoms with Crippen molar-refractivity contribution in [3.8, 4) is 0 Å². The van der Waals surface area contributed by atoms with Crippen molar-refractivity contribution in [3.63, 3.8) is 0 Å². The van der Waals surface area contributed by atoms with Crippen LogP contribution in [0.1, 0.15) is 21.7 Å². The number of hydrogen-bond acceptors (Lipinski definition) is 5. The molecule has 15 heavy (non-hydrogen) atoms. The van der Waals surface area contributed by atoms with Crippen LogP contribution >= 0.6 is 11.5 Å². The van der Waals surface area contributed by atoms with E-state index in [0.717, 1.165) is 5.69 Å². The molecule has 78 valence electrons. The van der Waals surface area contributed by atoms with E-state index in [0.29, 0.717) is 17.7 Å². The van der Waals surface area contributed by atoms with E-state index in [1.165, 1.54) is 11.5 Å². The van der Waals surface area contributed by atoms with Gasteiger partial charge in [-0.3, -0.25) is 9.48 Å². The fraction of sp³-hybridized carbons (Fsp3) is 0.333. The van der Waals surface area contributed by atoms with E-state index >= 15 is 0 Å².